The lowest BCUT2D eigenvalue weighted by atomic mass is 9.92. The quantitative estimate of drug-likeness (QED) is 0.0399. The highest BCUT2D eigenvalue weighted by Gasteiger charge is 2.35. The van der Waals surface area contributed by atoms with E-state index in [1.165, 1.54) is 51.4 Å². The summed E-state index contributed by atoms with van der Waals surface area (Å²) in [6.45, 7) is 5.43. The minimum atomic E-state index is -1.36. The van der Waals surface area contributed by atoms with Crippen molar-refractivity contribution in [2.75, 3.05) is 39.6 Å². The predicted molar refractivity (Wildman–Crippen MR) is 188 cm³/mol. The Morgan fingerprint density at radius 2 is 0.673 bits per heavy atom. The third-order valence-corrected chi connectivity index (χ3v) is 8.23. The maximum absolute atomic E-state index is 12.5. The molecule has 49 heavy (non-hydrogen) atoms. The second-order valence-electron chi connectivity index (χ2n) is 13.1. The van der Waals surface area contributed by atoms with Crippen molar-refractivity contribution >= 4 is 29.8 Å². The summed E-state index contributed by atoms with van der Waals surface area (Å²) in [5.74, 6) is -2.40. The minimum Gasteiger partial charge on any atom is -0.466 e. The first-order valence-electron chi connectivity index (χ1n) is 19.1. The van der Waals surface area contributed by atoms with Crippen molar-refractivity contribution < 1.29 is 52.8 Å². The molecule has 0 heterocycles. The molecule has 0 aromatic heterocycles. The van der Waals surface area contributed by atoms with Gasteiger partial charge in [0.25, 0.3) is 0 Å². The van der Waals surface area contributed by atoms with Crippen LogP contribution in [0.25, 0.3) is 0 Å². The Morgan fingerprint density at radius 1 is 0.388 bits per heavy atom. The molecule has 0 aliphatic heterocycles. The van der Waals surface area contributed by atoms with E-state index in [1.807, 2.05) is 6.92 Å². The molecule has 11 nitrogen and oxygen atoms in total. The summed E-state index contributed by atoms with van der Waals surface area (Å²) in [5, 5.41) is 10.2. The molecule has 0 saturated carbocycles. The molecule has 0 aliphatic rings. The fraction of sp³-hybridized carbons (Fsp3) is 0.868. The van der Waals surface area contributed by atoms with Gasteiger partial charge in [-0.2, -0.15) is 0 Å². The summed E-state index contributed by atoms with van der Waals surface area (Å²) in [5.41, 5.74) is -1.36. The molecule has 0 spiro atoms. The number of aliphatic hydroxyl groups is 1. The molecule has 0 aliphatic carbocycles. The van der Waals surface area contributed by atoms with E-state index in [4.69, 9.17) is 23.7 Å². The van der Waals surface area contributed by atoms with Crippen LogP contribution >= 0.6 is 0 Å². The number of esters is 5. The van der Waals surface area contributed by atoms with Gasteiger partial charge in [0, 0.05) is 32.1 Å². The molecule has 0 unspecified atom stereocenters. The number of rotatable bonds is 34. The summed E-state index contributed by atoms with van der Waals surface area (Å²) in [6.07, 6.45) is 17.9. The average molecular weight is 701 g/mol. The average Bonchev–Trinajstić information content (AvgIpc) is 3.09. The van der Waals surface area contributed by atoms with Crippen LogP contribution < -0.4 is 0 Å². The summed E-state index contributed by atoms with van der Waals surface area (Å²) in [6, 6.07) is 0. The number of ether oxygens (including phenoxy) is 5. The standard InChI is InChI=1S/C38H68O11/c1-4-7-10-12-14-16-18-27-45-33(40)23-20-25-36(43)48-31-38(29-39,30-47-35(42)22-9-6-3)32-49-37(44)26-21-24-34(41)46-28-19-17-15-13-11-8-5-2/h39H,4-32H2,1-3H3. The Labute approximate surface area is 295 Å². The van der Waals surface area contributed by atoms with E-state index in [9.17, 15) is 29.1 Å². The number of hydrogen-bond acceptors (Lipinski definition) is 11. The SMILES string of the molecule is CCCCCCCCCOC(=O)CCCC(=O)OCC(CO)(COC(=O)CCCC)COC(=O)CCCC(=O)OCCCCCCCCC. The summed E-state index contributed by atoms with van der Waals surface area (Å²) >= 11 is 0. The molecule has 0 rings (SSSR count). The van der Waals surface area contributed by atoms with Crippen molar-refractivity contribution in [1.82, 2.24) is 0 Å². The van der Waals surface area contributed by atoms with Gasteiger partial charge in [-0.25, -0.2) is 0 Å². The first-order valence-corrected chi connectivity index (χ1v) is 19.1. The van der Waals surface area contributed by atoms with E-state index in [1.54, 1.807) is 0 Å². The Bertz CT molecular complexity index is 820. The van der Waals surface area contributed by atoms with Crippen molar-refractivity contribution in [3.63, 3.8) is 0 Å². The van der Waals surface area contributed by atoms with Crippen LogP contribution in [0.2, 0.25) is 0 Å². The van der Waals surface area contributed by atoms with Gasteiger partial charge in [0.1, 0.15) is 19.8 Å². The van der Waals surface area contributed by atoms with Crippen LogP contribution in [0.1, 0.15) is 168 Å². The summed E-state index contributed by atoms with van der Waals surface area (Å²) in [7, 11) is 0. The lowest BCUT2D eigenvalue weighted by Gasteiger charge is -2.30. The Kier molecular flexibility index (Phi) is 30.7. The molecule has 0 radical (unpaired) electrons. The Balaban J connectivity index is 4.58. The number of aliphatic hydroxyl groups excluding tert-OH is 1. The van der Waals surface area contributed by atoms with E-state index in [0.29, 0.717) is 19.6 Å². The summed E-state index contributed by atoms with van der Waals surface area (Å²) in [4.78, 5) is 61.2. The predicted octanol–water partition coefficient (Wildman–Crippen LogP) is 7.71. The molecule has 0 aromatic rings. The van der Waals surface area contributed by atoms with Gasteiger partial charge in [0.2, 0.25) is 0 Å². The van der Waals surface area contributed by atoms with Gasteiger partial charge >= 0.3 is 29.8 Å². The number of unbranched alkanes of at least 4 members (excludes halogenated alkanes) is 13. The van der Waals surface area contributed by atoms with Crippen LogP contribution in [0.3, 0.4) is 0 Å². The second kappa shape index (κ2) is 32.5. The lowest BCUT2D eigenvalue weighted by molar-refractivity contribution is -0.165. The van der Waals surface area contributed by atoms with E-state index < -0.39 is 29.9 Å². The Hall–Kier alpha value is -2.69. The van der Waals surface area contributed by atoms with Gasteiger partial charge in [-0.05, 0) is 32.1 Å². The third kappa shape index (κ3) is 28.8. The minimum absolute atomic E-state index is 0.0425. The topological polar surface area (TPSA) is 152 Å². The molecule has 0 fully saturated rings. The highest BCUT2D eigenvalue weighted by Crippen LogP contribution is 2.21. The van der Waals surface area contributed by atoms with E-state index in [0.717, 1.165) is 44.9 Å². The van der Waals surface area contributed by atoms with Gasteiger partial charge < -0.3 is 28.8 Å². The maximum atomic E-state index is 12.5. The molecule has 0 amide bonds. The lowest BCUT2D eigenvalue weighted by Crippen LogP contribution is -2.42. The van der Waals surface area contributed by atoms with E-state index in [2.05, 4.69) is 13.8 Å². The molecule has 0 atom stereocenters. The first kappa shape index (κ1) is 46.3. The van der Waals surface area contributed by atoms with Gasteiger partial charge in [-0.15, -0.1) is 0 Å². The smallest absolute Gasteiger partial charge is 0.305 e. The number of carbonyl (C=O) groups excluding carboxylic acids is 5. The second-order valence-corrected chi connectivity index (χ2v) is 13.1. The molecular formula is C38H68O11. The van der Waals surface area contributed by atoms with Gasteiger partial charge in [0.15, 0.2) is 0 Å². The number of hydrogen-bond donors (Lipinski definition) is 1. The highest BCUT2D eigenvalue weighted by molar-refractivity contribution is 5.73. The van der Waals surface area contributed by atoms with Crippen molar-refractivity contribution in [3.8, 4) is 0 Å². The van der Waals surface area contributed by atoms with Crippen molar-refractivity contribution in [1.29, 1.82) is 0 Å². The fourth-order valence-corrected chi connectivity index (χ4v) is 4.89. The van der Waals surface area contributed by atoms with Gasteiger partial charge in [0.05, 0.1) is 25.2 Å². The largest absolute Gasteiger partial charge is 0.466 e. The maximum Gasteiger partial charge on any atom is 0.305 e. The highest BCUT2D eigenvalue weighted by atomic mass is 16.6. The van der Waals surface area contributed by atoms with Gasteiger partial charge in [-0.1, -0.05) is 104 Å². The zero-order valence-electron chi connectivity index (χ0n) is 31.0. The number of carbonyl (C=O) groups is 5. The van der Waals surface area contributed by atoms with Crippen molar-refractivity contribution in [2.24, 2.45) is 5.41 Å². The normalized spacial score (nSPS) is 11.2. The molecule has 0 bridgehead atoms. The van der Waals surface area contributed by atoms with Crippen LogP contribution in [0.4, 0.5) is 0 Å². The van der Waals surface area contributed by atoms with Crippen LogP contribution in [-0.4, -0.2) is 74.6 Å². The van der Waals surface area contributed by atoms with Crippen molar-refractivity contribution in [3.05, 3.63) is 0 Å². The molecule has 1 N–H and O–H groups in total. The van der Waals surface area contributed by atoms with Crippen LogP contribution in [0.5, 0.6) is 0 Å². The third-order valence-electron chi connectivity index (χ3n) is 8.23. The van der Waals surface area contributed by atoms with E-state index >= 15 is 0 Å². The molecule has 0 saturated heterocycles. The van der Waals surface area contributed by atoms with Gasteiger partial charge in [-0.3, -0.25) is 24.0 Å². The Morgan fingerprint density at radius 3 is 1.00 bits per heavy atom. The molecular weight excluding hydrogens is 632 g/mol. The first-order chi connectivity index (χ1) is 23.7. The fourth-order valence-electron chi connectivity index (χ4n) is 4.89. The monoisotopic (exact) mass is 700 g/mol. The zero-order chi connectivity index (χ0) is 36.4. The van der Waals surface area contributed by atoms with Crippen molar-refractivity contribution in [2.45, 2.75) is 168 Å². The molecule has 11 heteroatoms. The molecule has 0 aromatic carbocycles. The zero-order valence-corrected chi connectivity index (χ0v) is 31.0. The van der Waals surface area contributed by atoms with E-state index in [-0.39, 0.29) is 76.7 Å². The summed E-state index contributed by atoms with van der Waals surface area (Å²) < 4.78 is 26.6. The van der Waals surface area contributed by atoms with Crippen LogP contribution in [-0.2, 0) is 47.7 Å². The van der Waals surface area contributed by atoms with Crippen LogP contribution in [0.15, 0.2) is 0 Å². The molecule has 286 valence electrons. The van der Waals surface area contributed by atoms with Crippen LogP contribution in [0, 0.1) is 5.41 Å².